The number of carbonyl (C=O) groups is 3. The van der Waals surface area contributed by atoms with E-state index in [1.807, 2.05) is 56.3 Å². The van der Waals surface area contributed by atoms with E-state index in [9.17, 15) is 14.4 Å². The van der Waals surface area contributed by atoms with Gasteiger partial charge in [0.1, 0.15) is 5.75 Å². The number of amides is 2. The number of ether oxygens (including phenoxy) is 1. The van der Waals surface area contributed by atoms with Crippen molar-refractivity contribution in [3.05, 3.63) is 65.0 Å². The van der Waals surface area contributed by atoms with E-state index in [1.54, 1.807) is 7.11 Å². The van der Waals surface area contributed by atoms with Gasteiger partial charge in [-0.05, 0) is 56.9 Å². The van der Waals surface area contributed by atoms with Crippen LogP contribution in [0.1, 0.15) is 40.2 Å². The highest BCUT2D eigenvalue weighted by Crippen LogP contribution is 2.35. The molecule has 31 heavy (non-hydrogen) atoms. The number of imide groups is 1. The number of rotatable bonds is 7. The van der Waals surface area contributed by atoms with Crippen LogP contribution in [-0.4, -0.2) is 40.7 Å². The molecule has 4 rings (SSSR count). The molecule has 2 aromatic rings. The number of aryl methyl sites for hydroxylation is 2. The Morgan fingerprint density at radius 1 is 1.03 bits per heavy atom. The Morgan fingerprint density at radius 2 is 1.65 bits per heavy atom. The van der Waals surface area contributed by atoms with Crippen LogP contribution in [0.25, 0.3) is 0 Å². The molecule has 2 atom stereocenters. The average Bonchev–Trinajstić information content (AvgIpc) is 3.20. The molecule has 1 aromatic carbocycles. The number of hydrogen-bond acceptors (Lipinski definition) is 4. The molecule has 2 heterocycles. The molecule has 6 heteroatoms. The molecule has 1 aliphatic carbocycles. The van der Waals surface area contributed by atoms with Gasteiger partial charge in [-0.2, -0.15) is 0 Å². The van der Waals surface area contributed by atoms with Crippen LogP contribution in [0.4, 0.5) is 0 Å². The largest absolute Gasteiger partial charge is 0.497 e. The van der Waals surface area contributed by atoms with Gasteiger partial charge in [0.25, 0.3) is 0 Å². The number of methoxy groups -OCH3 is 1. The summed E-state index contributed by atoms with van der Waals surface area (Å²) in [6.45, 7) is 4.47. The van der Waals surface area contributed by atoms with Gasteiger partial charge in [-0.1, -0.05) is 24.3 Å². The molecule has 0 radical (unpaired) electrons. The topological polar surface area (TPSA) is 68.6 Å². The first kappa shape index (κ1) is 21.1. The maximum absolute atomic E-state index is 13.0. The molecule has 0 N–H and O–H groups in total. The summed E-state index contributed by atoms with van der Waals surface area (Å²) in [5.74, 6) is -0.379. The van der Waals surface area contributed by atoms with Crippen LogP contribution in [0.3, 0.4) is 0 Å². The highest BCUT2D eigenvalue weighted by atomic mass is 16.5. The van der Waals surface area contributed by atoms with Crippen molar-refractivity contribution in [2.24, 2.45) is 11.8 Å². The fraction of sp³-hybridized carbons (Fsp3) is 0.400. The van der Waals surface area contributed by atoms with E-state index in [0.717, 1.165) is 30.1 Å². The number of hydrogen-bond donors (Lipinski definition) is 0. The lowest BCUT2D eigenvalue weighted by molar-refractivity contribution is -0.139. The standard InChI is InChI=1S/C25H28N2O4/c1-16-14-22(17(2)26(16)13-12-18-8-10-19(31-3)11-9-18)23(28)15-27-24(29)20-6-4-5-7-21(20)25(27)30/h4-5,8-11,14,20-21H,6-7,12-13,15H2,1-3H3/t20-,21-/m1/s1. The van der Waals surface area contributed by atoms with Crippen molar-refractivity contribution < 1.29 is 19.1 Å². The lowest BCUT2D eigenvalue weighted by Crippen LogP contribution is -2.36. The maximum atomic E-state index is 13.0. The minimum absolute atomic E-state index is 0.173. The van der Waals surface area contributed by atoms with Crippen LogP contribution in [-0.2, 0) is 22.6 Å². The van der Waals surface area contributed by atoms with E-state index >= 15 is 0 Å². The van der Waals surface area contributed by atoms with Gasteiger partial charge >= 0.3 is 0 Å². The number of nitrogens with zero attached hydrogens (tertiary/aromatic N) is 2. The van der Waals surface area contributed by atoms with Crippen molar-refractivity contribution >= 4 is 17.6 Å². The normalized spacial score (nSPS) is 20.3. The molecule has 1 saturated heterocycles. The van der Waals surface area contributed by atoms with Crippen LogP contribution in [0, 0.1) is 25.7 Å². The number of ketones is 1. The third kappa shape index (κ3) is 3.94. The summed E-state index contributed by atoms with van der Waals surface area (Å²) in [4.78, 5) is 39.6. The summed E-state index contributed by atoms with van der Waals surface area (Å²) >= 11 is 0. The SMILES string of the molecule is COc1ccc(CCn2c(C)cc(C(=O)CN3C(=O)[C@@H]4CC=CC[C@H]4C3=O)c2C)cc1. The van der Waals surface area contributed by atoms with Crippen molar-refractivity contribution in [1.82, 2.24) is 9.47 Å². The fourth-order valence-corrected chi connectivity index (χ4v) is 4.71. The first-order chi connectivity index (χ1) is 14.9. The summed E-state index contributed by atoms with van der Waals surface area (Å²) < 4.78 is 7.32. The maximum Gasteiger partial charge on any atom is 0.233 e. The van der Waals surface area contributed by atoms with Crippen LogP contribution in [0.15, 0.2) is 42.5 Å². The quantitative estimate of drug-likeness (QED) is 0.391. The summed E-state index contributed by atoms with van der Waals surface area (Å²) in [5.41, 5.74) is 3.63. The lowest BCUT2D eigenvalue weighted by Gasteiger charge is -2.14. The molecular weight excluding hydrogens is 392 g/mol. The predicted molar refractivity (Wildman–Crippen MR) is 117 cm³/mol. The molecule has 1 aromatic heterocycles. The van der Waals surface area contributed by atoms with E-state index in [1.165, 1.54) is 10.5 Å². The molecule has 2 aliphatic rings. The second-order valence-electron chi connectivity index (χ2n) is 8.38. The number of aromatic nitrogens is 1. The van der Waals surface area contributed by atoms with Gasteiger partial charge in [-0.15, -0.1) is 0 Å². The van der Waals surface area contributed by atoms with E-state index in [4.69, 9.17) is 4.74 Å². The Hall–Kier alpha value is -3.15. The van der Waals surface area contributed by atoms with Crippen molar-refractivity contribution in [1.29, 1.82) is 0 Å². The minimum Gasteiger partial charge on any atom is -0.497 e. The summed E-state index contributed by atoms with van der Waals surface area (Å²) in [6.07, 6.45) is 5.90. The smallest absolute Gasteiger partial charge is 0.233 e. The van der Waals surface area contributed by atoms with Crippen LogP contribution >= 0.6 is 0 Å². The van der Waals surface area contributed by atoms with Crippen molar-refractivity contribution in [2.75, 3.05) is 13.7 Å². The molecule has 162 valence electrons. The van der Waals surface area contributed by atoms with Gasteiger partial charge in [0, 0.05) is 23.5 Å². The Bertz CT molecular complexity index is 1020. The van der Waals surface area contributed by atoms with Gasteiger partial charge in [-0.25, -0.2) is 0 Å². The lowest BCUT2D eigenvalue weighted by atomic mass is 9.85. The van der Waals surface area contributed by atoms with Crippen LogP contribution in [0.5, 0.6) is 5.75 Å². The van der Waals surface area contributed by atoms with E-state index in [-0.39, 0.29) is 36.0 Å². The van der Waals surface area contributed by atoms with E-state index in [0.29, 0.717) is 18.4 Å². The van der Waals surface area contributed by atoms with Gasteiger partial charge in [0.05, 0.1) is 25.5 Å². The Morgan fingerprint density at radius 3 is 2.23 bits per heavy atom. The van der Waals surface area contributed by atoms with Gasteiger partial charge in [0.15, 0.2) is 5.78 Å². The number of allylic oxidation sites excluding steroid dienone is 2. The molecule has 0 saturated carbocycles. The summed E-state index contributed by atoms with van der Waals surface area (Å²) in [6, 6.07) is 9.83. The molecule has 2 amide bonds. The van der Waals surface area contributed by atoms with Crippen molar-refractivity contribution in [2.45, 2.75) is 39.7 Å². The first-order valence-electron chi connectivity index (χ1n) is 10.7. The Kier molecular flexibility index (Phi) is 5.81. The molecule has 1 fully saturated rings. The van der Waals surface area contributed by atoms with Gasteiger partial charge in [0.2, 0.25) is 11.8 Å². The number of Topliss-reactive ketones (excluding diaryl/α,β-unsaturated/α-hetero) is 1. The Labute approximate surface area is 182 Å². The molecule has 0 bridgehead atoms. The van der Waals surface area contributed by atoms with E-state index in [2.05, 4.69) is 4.57 Å². The minimum atomic E-state index is -0.303. The first-order valence-corrected chi connectivity index (χ1v) is 10.7. The molecule has 6 nitrogen and oxygen atoms in total. The Balaban J connectivity index is 1.45. The number of likely N-dealkylation sites (tertiary alicyclic amines) is 1. The molecular formula is C25H28N2O4. The highest BCUT2D eigenvalue weighted by molar-refractivity contribution is 6.10. The van der Waals surface area contributed by atoms with Crippen molar-refractivity contribution in [3.8, 4) is 5.75 Å². The van der Waals surface area contributed by atoms with Crippen LogP contribution in [0.2, 0.25) is 0 Å². The fourth-order valence-electron chi connectivity index (χ4n) is 4.71. The van der Waals surface area contributed by atoms with Gasteiger partial charge < -0.3 is 9.30 Å². The number of benzene rings is 1. The summed E-state index contributed by atoms with van der Waals surface area (Å²) in [7, 11) is 1.65. The van der Waals surface area contributed by atoms with Crippen LogP contribution < -0.4 is 4.74 Å². The third-order valence-corrected chi connectivity index (χ3v) is 6.56. The zero-order chi connectivity index (χ0) is 22.1. The van der Waals surface area contributed by atoms with Gasteiger partial charge in [-0.3, -0.25) is 19.3 Å². The monoisotopic (exact) mass is 420 g/mol. The molecule has 0 unspecified atom stereocenters. The summed E-state index contributed by atoms with van der Waals surface area (Å²) in [5, 5.41) is 0. The van der Waals surface area contributed by atoms with Crippen molar-refractivity contribution in [3.63, 3.8) is 0 Å². The zero-order valence-electron chi connectivity index (χ0n) is 18.3. The molecule has 0 spiro atoms. The number of carbonyl (C=O) groups excluding carboxylic acids is 3. The zero-order valence-corrected chi connectivity index (χ0v) is 18.3. The highest BCUT2D eigenvalue weighted by Gasteiger charge is 2.47. The molecule has 1 aliphatic heterocycles. The average molecular weight is 421 g/mol. The number of fused-ring (bicyclic) bond motifs is 1. The van der Waals surface area contributed by atoms with E-state index < -0.39 is 0 Å². The second kappa shape index (κ2) is 8.53. The predicted octanol–water partition coefficient (Wildman–Crippen LogP) is 3.49. The second-order valence-corrected chi connectivity index (χ2v) is 8.38. The third-order valence-electron chi connectivity index (χ3n) is 6.56.